The molecule has 0 spiro atoms. The zero-order valence-corrected chi connectivity index (χ0v) is 11.2. The number of carboxylic acid groups (broad SMARTS) is 1. The summed E-state index contributed by atoms with van der Waals surface area (Å²) in [4.78, 5) is 13.3. The van der Waals surface area contributed by atoms with Crippen LogP contribution in [0.1, 0.15) is 33.6 Å². The van der Waals surface area contributed by atoms with E-state index in [1.54, 1.807) is 0 Å². The van der Waals surface area contributed by atoms with Crippen LogP contribution in [0.2, 0.25) is 0 Å². The van der Waals surface area contributed by atoms with Gasteiger partial charge in [-0.2, -0.15) is 0 Å². The Balaban J connectivity index is 2.28. The third-order valence-corrected chi connectivity index (χ3v) is 3.60. The topological polar surface area (TPSA) is 49.8 Å². The third-order valence-electron chi connectivity index (χ3n) is 3.60. The van der Waals surface area contributed by atoms with Gasteiger partial charge in [-0.15, -0.1) is 0 Å². The summed E-state index contributed by atoms with van der Waals surface area (Å²) in [7, 11) is 0. The first kappa shape index (κ1) is 14.5. The Labute approximate surface area is 104 Å². The lowest BCUT2D eigenvalue weighted by Gasteiger charge is -2.20. The number of likely N-dealkylation sites (tertiary alicyclic amines) is 1. The van der Waals surface area contributed by atoms with Gasteiger partial charge in [-0.3, -0.25) is 0 Å². The van der Waals surface area contributed by atoms with E-state index in [0.29, 0.717) is 13.0 Å². The van der Waals surface area contributed by atoms with E-state index in [1.165, 1.54) is 6.42 Å². The first-order chi connectivity index (χ1) is 8.04. The maximum Gasteiger partial charge on any atom is 0.332 e. The molecule has 2 unspecified atom stereocenters. The summed E-state index contributed by atoms with van der Waals surface area (Å²) in [5.41, 5.74) is 0. The molecule has 0 saturated carbocycles. The van der Waals surface area contributed by atoms with Gasteiger partial charge in [-0.1, -0.05) is 13.8 Å². The molecule has 4 heteroatoms. The highest BCUT2D eigenvalue weighted by molar-refractivity contribution is 5.72. The maximum absolute atomic E-state index is 10.9. The van der Waals surface area contributed by atoms with Gasteiger partial charge in [0.25, 0.3) is 0 Å². The number of hydrogen-bond acceptors (Lipinski definition) is 3. The Morgan fingerprint density at radius 1 is 1.53 bits per heavy atom. The van der Waals surface area contributed by atoms with Crippen LogP contribution < -0.4 is 0 Å². The molecular weight excluding hydrogens is 218 g/mol. The van der Waals surface area contributed by atoms with Crippen molar-refractivity contribution in [2.24, 2.45) is 11.8 Å². The summed E-state index contributed by atoms with van der Waals surface area (Å²) in [6.07, 6.45) is 1.19. The summed E-state index contributed by atoms with van der Waals surface area (Å²) in [6, 6.07) is 0. The number of nitrogens with zero attached hydrogens (tertiary/aromatic N) is 1. The monoisotopic (exact) mass is 243 g/mol. The van der Waals surface area contributed by atoms with Gasteiger partial charge in [0.05, 0.1) is 0 Å². The minimum atomic E-state index is -0.841. The highest BCUT2D eigenvalue weighted by atomic mass is 16.5. The van der Waals surface area contributed by atoms with Crippen LogP contribution >= 0.6 is 0 Å². The van der Waals surface area contributed by atoms with Crippen LogP contribution in [-0.2, 0) is 9.53 Å². The van der Waals surface area contributed by atoms with Gasteiger partial charge in [-0.05, 0) is 38.1 Å². The van der Waals surface area contributed by atoms with Crippen molar-refractivity contribution in [3.05, 3.63) is 0 Å². The Morgan fingerprint density at radius 2 is 2.24 bits per heavy atom. The average molecular weight is 243 g/mol. The van der Waals surface area contributed by atoms with Gasteiger partial charge < -0.3 is 14.7 Å². The van der Waals surface area contributed by atoms with Crippen LogP contribution in [-0.4, -0.2) is 48.3 Å². The van der Waals surface area contributed by atoms with E-state index in [-0.39, 0.29) is 0 Å². The van der Waals surface area contributed by atoms with Crippen molar-refractivity contribution in [3.63, 3.8) is 0 Å². The fraction of sp³-hybridized carbons (Fsp3) is 0.923. The molecule has 1 aliphatic heterocycles. The largest absolute Gasteiger partial charge is 0.479 e. The van der Waals surface area contributed by atoms with Crippen molar-refractivity contribution in [1.82, 2.24) is 4.90 Å². The zero-order chi connectivity index (χ0) is 12.8. The van der Waals surface area contributed by atoms with E-state index >= 15 is 0 Å². The second kappa shape index (κ2) is 6.97. The third kappa shape index (κ3) is 4.64. The molecule has 2 atom stereocenters. The number of carboxylic acids is 1. The number of hydrogen-bond donors (Lipinski definition) is 1. The zero-order valence-electron chi connectivity index (χ0n) is 11.2. The van der Waals surface area contributed by atoms with Crippen LogP contribution in [0.4, 0.5) is 0 Å². The van der Waals surface area contributed by atoms with E-state index in [2.05, 4.69) is 18.7 Å². The van der Waals surface area contributed by atoms with Gasteiger partial charge in [0, 0.05) is 19.7 Å². The van der Waals surface area contributed by atoms with Crippen LogP contribution in [0, 0.1) is 11.8 Å². The van der Waals surface area contributed by atoms with Gasteiger partial charge in [0.15, 0.2) is 6.10 Å². The summed E-state index contributed by atoms with van der Waals surface area (Å²) in [5, 5.41) is 8.97. The molecule has 0 radical (unpaired) electrons. The molecule has 0 aromatic heterocycles. The van der Waals surface area contributed by atoms with Crippen molar-refractivity contribution >= 4 is 5.97 Å². The highest BCUT2D eigenvalue weighted by Gasteiger charge is 2.26. The molecule has 1 fully saturated rings. The molecule has 17 heavy (non-hydrogen) atoms. The molecule has 0 bridgehead atoms. The molecule has 1 N–H and O–H groups in total. The van der Waals surface area contributed by atoms with Gasteiger partial charge in [0.1, 0.15) is 0 Å². The first-order valence-corrected chi connectivity index (χ1v) is 6.61. The molecule has 1 rings (SSSR count). The SMILES string of the molecule is CCOC(CCN1CCC(C(C)C)C1)C(=O)O. The molecule has 100 valence electrons. The van der Waals surface area contributed by atoms with Crippen molar-refractivity contribution < 1.29 is 14.6 Å². The second-order valence-corrected chi connectivity index (χ2v) is 5.16. The Kier molecular flexibility index (Phi) is 5.92. The average Bonchev–Trinajstić information content (AvgIpc) is 2.72. The number of rotatable bonds is 7. The standard InChI is InChI=1S/C13H25NO3/c1-4-17-12(13(15)16)6-8-14-7-5-11(9-14)10(2)3/h10-12H,4-9H2,1-3H3,(H,15,16). The lowest BCUT2D eigenvalue weighted by Crippen LogP contribution is -2.31. The summed E-state index contributed by atoms with van der Waals surface area (Å²) >= 11 is 0. The normalized spacial score (nSPS) is 23.2. The number of aliphatic carboxylic acids is 1. The maximum atomic E-state index is 10.9. The van der Waals surface area contributed by atoms with E-state index < -0.39 is 12.1 Å². The van der Waals surface area contributed by atoms with Crippen molar-refractivity contribution in [2.45, 2.75) is 39.7 Å². The van der Waals surface area contributed by atoms with Gasteiger partial charge in [-0.25, -0.2) is 4.79 Å². The number of ether oxygens (including phenoxy) is 1. The number of carbonyl (C=O) groups is 1. The lowest BCUT2D eigenvalue weighted by molar-refractivity contribution is -0.150. The smallest absolute Gasteiger partial charge is 0.332 e. The van der Waals surface area contributed by atoms with Crippen LogP contribution in [0.15, 0.2) is 0 Å². The van der Waals surface area contributed by atoms with E-state index in [0.717, 1.165) is 31.5 Å². The molecule has 4 nitrogen and oxygen atoms in total. The Bertz CT molecular complexity index is 243. The van der Waals surface area contributed by atoms with Crippen LogP contribution in [0.5, 0.6) is 0 Å². The quantitative estimate of drug-likeness (QED) is 0.741. The van der Waals surface area contributed by atoms with E-state index in [4.69, 9.17) is 9.84 Å². The predicted molar refractivity (Wildman–Crippen MR) is 67.1 cm³/mol. The molecule has 0 aromatic rings. The van der Waals surface area contributed by atoms with Gasteiger partial charge >= 0.3 is 5.97 Å². The molecule has 0 amide bonds. The fourth-order valence-electron chi connectivity index (χ4n) is 2.39. The molecule has 1 aliphatic rings. The van der Waals surface area contributed by atoms with Crippen LogP contribution in [0.25, 0.3) is 0 Å². The van der Waals surface area contributed by atoms with Crippen molar-refractivity contribution in [3.8, 4) is 0 Å². The minimum absolute atomic E-state index is 0.464. The fourth-order valence-corrected chi connectivity index (χ4v) is 2.39. The van der Waals surface area contributed by atoms with Crippen LogP contribution in [0.3, 0.4) is 0 Å². The molecule has 0 aliphatic carbocycles. The molecule has 1 heterocycles. The molecule has 0 aromatic carbocycles. The Hall–Kier alpha value is -0.610. The summed E-state index contributed by atoms with van der Waals surface area (Å²) in [6.45, 7) is 9.85. The second-order valence-electron chi connectivity index (χ2n) is 5.16. The van der Waals surface area contributed by atoms with E-state index in [1.807, 2.05) is 6.92 Å². The molecular formula is C13H25NO3. The first-order valence-electron chi connectivity index (χ1n) is 6.61. The molecule has 1 saturated heterocycles. The Morgan fingerprint density at radius 3 is 2.71 bits per heavy atom. The minimum Gasteiger partial charge on any atom is -0.479 e. The highest BCUT2D eigenvalue weighted by Crippen LogP contribution is 2.23. The van der Waals surface area contributed by atoms with Crippen molar-refractivity contribution in [2.75, 3.05) is 26.2 Å². The summed E-state index contributed by atoms with van der Waals surface area (Å²) < 4.78 is 5.21. The predicted octanol–water partition coefficient (Wildman–Crippen LogP) is 1.84. The van der Waals surface area contributed by atoms with E-state index in [9.17, 15) is 4.79 Å². The lowest BCUT2D eigenvalue weighted by atomic mass is 9.95. The van der Waals surface area contributed by atoms with Gasteiger partial charge in [0.2, 0.25) is 0 Å². The summed E-state index contributed by atoms with van der Waals surface area (Å²) in [5.74, 6) is 0.652. The van der Waals surface area contributed by atoms with Crippen molar-refractivity contribution in [1.29, 1.82) is 0 Å².